The molecule has 2 heterocycles. The van der Waals surface area contributed by atoms with Gasteiger partial charge in [0.2, 0.25) is 5.91 Å². The average Bonchev–Trinajstić information content (AvgIpc) is 3.26. The van der Waals surface area contributed by atoms with Crippen LogP contribution in [0.2, 0.25) is 0 Å². The summed E-state index contributed by atoms with van der Waals surface area (Å²) in [5.74, 6) is 1.21. The minimum Gasteiger partial charge on any atom is -0.482 e. The first-order chi connectivity index (χ1) is 14.2. The number of nitrogens with zero attached hydrogens (tertiary/aromatic N) is 2. The van der Waals surface area contributed by atoms with Crippen LogP contribution in [0.5, 0.6) is 5.75 Å². The normalized spacial score (nSPS) is 13.0. The van der Waals surface area contributed by atoms with Gasteiger partial charge < -0.3 is 19.0 Å². The summed E-state index contributed by atoms with van der Waals surface area (Å²) < 4.78 is 10.9. The minimum absolute atomic E-state index is 0.00860. The second-order valence-corrected chi connectivity index (χ2v) is 6.87. The largest absolute Gasteiger partial charge is 0.482 e. The highest BCUT2D eigenvalue weighted by Gasteiger charge is 2.26. The van der Waals surface area contributed by atoms with Crippen LogP contribution in [0.1, 0.15) is 17.7 Å². The number of hydrogen-bond acceptors (Lipinski definition) is 4. The summed E-state index contributed by atoms with van der Waals surface area (Å²) in [6.45, 7) is 1.16. The van der Waals surface area contributed by atoms with Gasteiger partial charge in [-0.3, -0.25) is 9.59 Å². The average molecular weight is 390 g/mol. The maximum Gasteiger partial charge on any atom is 0.265 e. The van der Waals surface area contributed by atoms with E-state index in [4.69, 9.17) is 9.15 Å². The molecule has 0 aliphatic carbocycles. The van der Waals surface area contributed by atoms with E-state index in [1.165, 1.54) is 0 Å². The molecule has 0 spiro atoms. The molecule has 2 aromatic carbocycles. The molecule has 2 amide bonds. The number of hydrogen-bond donors (Lipinski definition) is 0. The number of para-hydroxylation sites is 2. The Balaban J connectivity index is 1.47. The van der Waals surface area contributed by atoms with Gasteiger partial charge in [0.25, 0.3) is 5.91 Å². The number of rotatable bonds is 7. The molecule has 148 valence electrons. The Morgan fingerprint density at radius 2 is 1.76 bits per heavy atom. The number of benzene rings is 2. The molecule has 0 radical (unpaired) electrons. The Hall–Kier alpha value is -3.54. The molecule has 6 nitrogen and oxygen atoms in total. The van der Waals surface area contributed by atoms with Gasteiger partial charge in [-0.05, 0) is 29.8 Å². The van der Waals surface area contributed by atoms with Crippen LogP contribution >= 0.6 is 0 Å². The molecule has 29 heavy (non-hydrogen) atoms. The van der Waals surface area contributed by atoms with E-state index in [-0.39, 0.29) is 24.8 Å². The monoisotopic (exact) mass is 390 g/mol. The highest BCUT2D eigenvalue weighted by Crippen LogP contribution is 2.31. The molecule has 6 heteroatoms. The molecule has 0 saturated carbocycles. The molecule has 0 N–H and O–H groups in total. The number of ether oxygens (including phenoxy) is 1. The van der Waals surface area contributed by atoms with Crippen LogP contribution in [-0.4, -0.2) is 29.9 Å². The Morgan fingerprint density at radius 1 is 0.966 bits per heavy atom. The Bertz CT molecular complexity index is 970. The minimum atomic E-state index is -0.142. The van der Waals surface area contributed by atoms with Crippen molar-refractivity contribution in [2.24, 2.45) is 0 Å². The number of carbonyl (C=O) groups excluding carboxylic acids is 2. The van der Waals surface area contributed by atoms with Crippen LogP contribution in [0.3, 0.4) is 0 Å². The predicted octanol–water partition coefficient (Wildman–Crippen LogP) is 3.62. The molecule has 1 aliphatic rings. The molecule has 4 rings (SSSR count). The summed E-state index contributed by atoms with van der Waals surface area (Å²) in [6.07, 6.45) is 1.82. The first kappa shape index (κ1) is 18.8. The second kappa shape index (κ2) is 8.65. The Kier molecular flexibility index (Phi) is 5.61. The SMILES string of the molecule is O=C(CCN1C(=O)COc2ccccc21)N(Cc1ccccc1)Cc1ccco1. The fourth-order valence-corrected chi connectivity index (χ4v) is 3.39. The lowest BCUT2D eigenvalue weighted by Crippen LogP contribution is -2.41. The molecule has 3 aromatic rings. The summed E-state index contributed by atoms with van der Waals surface area (Å²) in [6, 6.07) is 20.9. The van der Waals surface area contributed by atoms with Crippen molar-refractivity contribution >= 4 is 17.5 Å². The zero-order chi connectivity index (χ0) is 20.1. The highest BCUT2D eigenvalue weighted by atomic mass is 16.5. The number of amides is 2. The van der Waals surface area contributed by atoms with Crippen molar-refractivity contribution < 1.29 is 18.7 Å². The summed E-state index contributed by atoms with van der Waals surface area (Å²) in [5, 5.41) is 0. The predicted molar refractivity (Wildman–Crippen MR) is 108 cm³/mol. The highest BCUT2D eigenvalue weighted by molar-refractivity contribution is 5.98. The van der Waals surface area contributed by atoms with Crippen LogP contribution in [0.25, 0.3) is 0 Å². The first-order valence-corrected chi connectivity index (χ1v) is 9.57. The first-order valence-electron chi connectivity index (χ1n) is 9.57. The maximum absolute atomic E-state index is 13.1. The molecule has 0 saturated heterocycles. The lowest BCUT2D eigenvalue weighted by atomic mass is 10.2. The molecule has 0 bridgehead atoms. The van der Waals surface area contributed by atoms with E-state index in [1.54, 1.807) is 16.1 Å². The summed E-state index contributed by atoms with van der Waals surface area (Å²) in [5.41, 5.74) is 1.75. The molecular weight excluding hydrogens is 368 g/mol. The van der Waals surface area contributed by atoms with Gasteiger partial charge >= 0.3 is 0 Å². The van der Waals surface area contributed by atoms with Gasteiger partial charge in [0.05, 0.1) is 18.5 Å². The molecule has 0 unspecified atom stereocenters. The van der Waals surface area contributed by atoms with Gasteiger partial charge in [-0.2, -0.15) is 0 Å². The van der Waals surface area contributed by atoms with Gasteiger partial charge in [0, 0.05) is 19.5 Å². The topological polar surface area (TPSA) is 63.0 Å². The van der Waals surface area contributed by atoms with E-state index in [0.29, 0.717) is 31.1 Å². The molecule has 1 aliphatic heterocycles. The third kappa shape index (κ3) is 4.48. The Labute approximate surface area is 169 Å². The lowest BCUT2D eigenvalue weighted by molar-refractivity contribution is -0.132. The van der Waals surface area contributed by atoms with Gasteiger partial charge in [0.1, 0.15) is 11.5 Å². The van der Waals surface area contributed by atoms with Gasteiger partial charge in [-0.25, -0.2) is 0 Å². The van der Waals surface area contributed by atoms with Crippen LogP contribution in [0, 0.1) is 0 Å². The number of fused-ring (bicyclic) bond motifs is 1. The lowest BCUT2D eigenvalue weighted by Gasteiger charge is -2.30. The fraction of sp³-hybridized carbons (Fsp3) is 0.217. The van der Waals surface area contributed by atoms with Gasteiger partial charge in [0.15, 0.2) is 6.61 Å². The van der Waals surface area contributed by atoms with Crippen molar-refractivity contribution in [1.29, 1.82) is 0 Å². The van der Waals surface area contributed by atoms with E-state index >= 15 is 0 Å². The molecule has 1 aromatic heterocycles. The van der Waals surface area contributed by atoms with Crippen LogP contribution < -0.4 is 9.64 Å². The van der Waals surface area contributed by atoms with Crippen molar-refractivity contribution in [2.75, 3.05) is 18.1 Å². The van der Waals surface area contributed by atoms with Gasteiger partial charge in [-0.1, -0.05) is 42.5 Å². The zero-order valence-electron chi connectivity index (χ0n) is 16.0. The summed E-state index contributed by atoms with van der Waals surface area (Å²) in [7, 11) is 0. The van der Waals surface area contributed by atoms with Crippen molar-refractivity contribution in [1.82, 2.24) is 4.90 Å². The quantitative estimate of drug-likeness (QED) is 0.618. The molecular formula is C23H22N2O4. The maximum atomic E-state index is 13.1. The van der Waals surface area contributed by atoms with E-state index in [0.717, 1.165) is 11.3 Å². The van der Waals surface area contributed by atoms with E-state index in [9.17, 15) is 9.59 Å². The van der Waals surface area contributed by atoms with Crippen LogP contribution in [-0.2, 0) is 22.7 Å². The smallest absolute Gasteiger partial charge is 0.265 e. The number of carbonyl (C=O) groups is 2. The van der Waals surface area contributed by atoms with E-state index in [1.807, 2.05) is 66.7 Å². The fourth-order valence-electron chi connectivity index (χ4n) is 3.39. The van der Waals surface area contributed by atoms with Crippen molar-refractivity contribution in [3.63, 3.8) is 0 Å². The molecule has 0 fully saturated rings. The number of furan rings is 1. The summed E-state index contributed by atoms with van der Waals surface area (Å²) >= 11 is 0. The van der Waals surface area contributed by atoms with Crippen LogP contribution in [0.4, 0.5) is 5.69 Å². The number of anilines is 1. The van der Waals surface area contributed by atoms with Crippen molar-refractivity contribution in [3.05, 3.63) is 84.3 Å². The third-order valence-corrected chi connectivity index (χ3v) is 4.85. The molecule has 0 atom stereocenters. The van der Waals surface area contributed by atoms with Crippen molar-refractivity contribution in [3.8, 4) is 5.75 Å². The Morgan fingerprint density at radius 3 is 2.55 bits per heavy atom. The van der Waals surface area contributed by atoms with E-state index < -0.39 is 0 Å². The van der Waals surface area contributed by atoms with Crippen molar-refractivity contribution in [2.45, 2.75) is 19.5 Å². The zero-order valence-corrected chi connectivity index (χ0v) is 16.0. The second-order valence-electron chi connectivity index (χ2n) is 6.87. The van der Waals surface area contributed by atoms with Crippen LogP contribution in [0.15, 0.2) is 77.4 Å². The van der Waals surface area contributed by atoms with Gasteiger partial charge in [-0.15, -0.1) is 0 Å². The van der Waals surface area contributed by atoms with E-state index in [2.05, 4.69) is 0 Å². The summed E-state index contributed by atoms with van der Waals surface area (Å²) in [4.78, 5) is 28.8. The standard InChI is InChI=1S/C23H22N2O4/c26-22(12-13-25-20-10-4-5-11-21(20)29-17-23(25)27)24(16-19-9-6-14-28-19)15-18-7-2-1-3-8-18/h1-11,14H,12-13,15-17H2. The third-order valence-electron chi connectivity index (χ3n) is 4.85.